The van der Waals surface area contributed by atoms with Gasteiger partial charge in [0, 0.05) is 18.3 Å². The van der Waals surface area contributed by atoms with Gasteiger partial charge in [-0.15, -0.1) is 0 Å². The Balaban J connectivity index is 4.76. The van der Waals surface area contributed by atoms with Gasteiger partial charge in [-0.2, -0.15) is 0 Å². The molecule has 2 N–H and O–H groups in total. The third-order valence-electron chi connectivity index (χ3n) is 6.89. The van der Waals surface area contributed by atoms with Crippen LogP contribution in [-0.2, 0) is 14.4 Å². The molecule has 3 unspecified atom stereocenters. The zero-order valence-corrected chi connectivity index (χ0v) is 22.7. The maximum atomic E-state index is 11.5. The summed E-state index contributed by atoms with van der Waals surface area (Å²) < 4.78 is 0.138. The van der Waals surface area contributed by atoms with E-state index in [0.717, 1.165) is 12.8 Å². The summed E-state index contributed by atoms with van der Waals surface area (Å²) >= 11 is 0. The number of allylic oxidation sites excluding steroid dienone is 1. The number of quaternary nitrogens is 1. The van der Waals surface area contributed by atoms with Crippen molar-refractivity contribution in [2.75, 3.05) is 26.2 Å². The maximum Gasteiger partial charge on any atom is 0.311 e. The quantitative estimate of drug-likeness (QED) is 0.118. The Hall–Kier alpha value is -1.89. The van der Waals surface area contributed by atoms with E-state index in [1.54, 1.807) is 20.8 Å². The molecule has 0 aromatic carbocycles. The fourth-order valence-electron chi connectivity index (χ4n) is 4.80. The smallest absolute Gasteiger partial charge is 0.311 e. The standard InChI is InChI=1S/C28H51NO6/c1-5-6-7-8-9-10-11-12-13-14-15-16-17-18-19-29(20-23(2)26(30)31,21-24(3)27(32)33)22-25(4)28(34)35/h16-17,23-25H,5-15,18-22H2,1-4H3,(H2-,30,31,32,33,34,35)/b17-16+. The highest BCUT2D eigenvalue weighted by atomic mass is 16.4. The zero-order valence-electron chi connectivity index (χ0n) is 22.7. The summed E-state index contributed by atoms with van der Waals surface area (Å²) in [4.78, 5) is 34.5. The largest absolute Gasteiger partial charge is 0.550 e. The number of hydrogen-bond donors (Lipinski definition) is 2. The summed E-state index contributed by atoms with van der Waals surface area (Å²) in [5.41, 5.74) is 0. The molecule has 0 aromatic rings. The molecule has 0 aromatic heterocycles. The van der Waals surface area contributed by atoms with Crippen LogP contribution in [0.4, 0.5) is 0 Å². The van der Waals surface area contributed by atoms with Gasteiger partial charge in [0.15, 0.2) is 0 Å². The number of aliphatic carboxylic acids is 3. The molecule has 0 aliphatic heterocycles. The van der Waals surface area contributed by atoms with Crippen molar-refractivity contribution in [2.45, 2.75) is 105 Å². The van der Waals surface area contributed by atoms with Crippen LogP contribution in [0.15, 0.2) is 12.2 Å². The van der Waals surface area contributed by atoms with Crippen LogP contribution in [-0.4, -0.2) is 58.8 Å². The lowest BCUT2D eigenvalue weighted by molar-refractivity contribution is -0.934. The van der Waals surface area contributed by atoms with Crippen molar-refractivity contribution < 1.29 is 34.2 Å². The average Bonchev–Trinajstić information content (AvgIpc) is 2.78. The lowest BCUT2D eigenvalue weighted by atomic mass is 10.0. The number of hydrogen-bond acceptors (Lipinski definition) is 4. The molecular weight excluding hydrogens is 446 g/mol. The molecule has 204 valence electrons. The fraction of sp³-hybridized carbons (Fsp3) is 0.821. The van der Waals surface area contributed by atoms with Crippen molar-refractivity contribution in [2.24, 2.45) is 17.8 Å². The second-order valence-corrected chi connectivity index (χ2v) is 10.5. The summed E-state index contributed by atoms with van der Waals surface area (Å²) in [6.07, 6.45) is 18.8. The van der Waals surface area contributed by atoms with Crippen LogP contribution in [0.3, 0.4) is 0 Å². The first-order valence-electron chi connectivity index (χ1n) is 13.7. The summed E-state index contributed by atoms with van der Waals surface area (Å²) in [5, 5.41) is 30.4. The van der Waals surface area contributed by atoms with Gasteiger partial charge in [0.05, 0.1) is 26.2 Å². The summed E-state index contributed by atoms with van der Waals surface area (Å²) in [6.45, 7) is 8.00. The summed E-state index contributed by atoms with van der Waals surface area (Å²) in [7, 11) is 0. The van der Waals surface area contributed by atoms with Gasteiger partial charge in [-0.25, -0.2) is 0 Å². The zero-order chi connectivity index (χ0) is 26.7. The fourth-order valence-corrected chi connectivity index (χ4v) is 4.80. The van der Waals surface area contributed by atoms with Crippen LogP contribution in [0.5, 0.6) is 0 Å². The molecule has 0 heterocycles. The van der Waals surface area contributed by atoms with Gasteiger partial charge >= 0.3 is 11.9 Å². The first kappa shape index (κ1) is 33.1. The Morgan fingerprint density at radius 2 is 1.09 bits per heavy atom. The van der Waals surface area contributed by atoms with E-state index in [4.69, 9.17) is 0 Å². The second-order valence-electron chi connectivity index (χ2n) is 10.5. The SMILES string of the molecule is CCCCCCCCCCCC/C=C/CC[N+](CC(C)C(=O)[O-])(CC(C)C(=O)O)CC(C)C(=O)O. The number of rotatable bonds is 23. The predicted octanol–water partition coefficient (Wildman–Crippen LogP) is 4.89. The van der Waals surface area contributed by atoms with Crippen molar-refractivity contribution in [3.63, 3.8) is 0 Å². The molecule has 0 fully saturated rings. The molecule has 0 saturated heterocycles. The van der Waals surface area contributed by atoms with E-state index in [-0.39, 0.29) is 24.1 Å². The molecule has 7 heteroatoms. The Morgan fingerprint density at radius 1 is 0.686 bits per heavy atom. The monoisotopic (exact) mass is 497 g/mol. The number of nitrogens with zero attached hydrogens (tertiary/aromatic N) is 1. The molecule has 0 spiro atoms. The molecular formula is C28H51NO6. The average molecular weight is 498 g/mol. The molecule has 0 rings (SSSR count). The van der Waals surface area contributed by atoms with Crippen molar-refractivity contribution >= 4 is 17.9 Å². The third-order valence-corrected chi connectivity index (χ3v) is 6.89. The van der Waals surface area contributed by atoms with E-state index >= 15 is 0 Å². The van der Waals surface area contributed by atoms with E-state index < -0.39 is 35.7 Å². The first-order chi connectivity index (χ1) is 16.5. The normalized spacial score (nSPS) is 16.0. The predicted molar refractivity (Wildman–Crippen MR) is 138 cm³/mol. The second kappa shape index (κ2) is 19.3. The summed E-state index contributed by atoms with van der Waals surface area (Å²) in [5.74, 6) is -5.34. The molecule has 0 amide bonds. The van der Waals surface area contributed by atoms with Gasteiger partial charge in [-0.1, -0.05) is 83.8 Å². The van der Waals surface area contributed by atoms with Crippen LogP contribution >= 0.6 is 0 Å². The minimum Gasteiger partial charge on any atom is -0.550 e. The van der Waals surface area contributed by atoms with Crippen LogP contribution in [0.25, 0.3) is 0 Å². The molecule has 7 nitrogen and oxygen atoms in total. The topological polar surface area (TPSA) is 115 Å². The first-order valence-corrected chi connectivity index (χ1v) is 13.7. The van der Waals surface area contributed by atoms with E-state index in [0.29, 0.717) is 13.0 Å². The highest BCUT2D eigenvalue weighted by Gasteiger charge is 2.36. The van der Waals surface area contributed by atoms with Gasteiger partial charge in [0.25, 0.3) is 0 Å². The number of unbranched alkanes of at least 4 members (excludes halogenated alkanes) is 10. The Bertz CT molecular complexity index is 578. The lowest BCUT2D eigenvalue weighted by Crippen LogP contribution is -2.58. The number of carboxylic acids is 3. The highest BCUT2D eigenvalue weighted by Crippen LogP contribution is 2.21. The molecule has 0 aliphatic rings. The number of carbonyl (C=O) groups excluding carboxylic acids is 1. The van der Waals surface area contributed by atoms with Crippen LogP contribution in [0.2, 0.25) is 0 Å². The van der Waals surface area contributed by atoms with Gasteiger partial charge in [-0.3, -0.25) is 9.59 Å². The highest BCUT2D eigenvalue weighted by molar-refractivity contribution is 5.70. The van der Waals surface area contributed by atoms with Crippen LogP contribution < -0.4 is 5.11 Å². The maximum absolute atomic E-state index is 11.5. The van der Waals surface area contributed by atoms with E-state index in [2.05, 4.69) is 19.1 Å². The van der Waals surface area contributed by atoms with Crippen molar-refractivity contribution in [3.05, 3.63) is 12.2 Å². The molecule has 0 radical (unpaired) electrons. The van der Waals surface area contributed by atoms with E-state index in [9.17, 15) is 29.7 Å². The number of carboxylic acid groups (broad SMARTS) is 3. The Kier molecular flexibility index (Phi) is 18.3. The van der Waals surface area contributed by atoms with Gasteiger partial charge in [-0.05, 0) is 26.7 Å². The van der Waals surface area contributed by atoms with Crippen molar-refractivity contribution in [3.8, 4) is 0 Å². The number of carbonyl (C=O) groups is 3. The van der Waals surface area contributed by atoms with E-state index in [1.165, 1.54) is 57.8 Å². The minimum absolute atomic E-state index is 0.138. The van der Waals surface area contributed by atoms with E-state index in [1.807, 2.05) is 0 Å². The minimum atomic E-state index is -1.20. The Morgan fingerprint density at radius 3 is 1.51 bits per heavy atom. The molecule has 0 bridgehead atoms. The van der Waals surface area contributed by atoms with Crippen molar-refractivity contribution in [1.82, 2.24) is 0 Å². The molecule has 0 aliphatic carbocycles. The van der Waals surface area contributed by atoms with Gasteiger partial charge in [0.2, 0.25) is 0 Å². The van der Waals surface area contributed by atoms with Crippen LogP contribution in [0.1, 0.15) is 105 Å². The van der Waals surface area contributed by atoms with Crippen molar-refractivity contribution in [1.29, 1.82) is 0 Å². The molecule has 0 saturated carbocycles. The van der Waals surface area contributed by atoms with Gasteiger partial charge < -0.3 is 24.6 Å². The summed E-state index contributed by atoms with van der Waals surface area (Å²) in [6, 6.07) is 0. The Labute approximate surface area is 213 Å². The third kappa shape index (κ3) is 16.4. The molecule has 35 heavy (non-hydrogen) atoms. The van der Waals surface area contributed by atoms with Gasteiger partial charge in [0.1, 0.15) is 11.8 Å². The molecule has 3 atom stereocenters. The van der Waals surface area contributed by atoms with Crippen LogP contribution in [0, 0.1) is 17.8 Å². The lowest BCUT2D eigenvalue weighted by Gasteiger charge is -2.42.